The number of aromatic nitrogens is 3. The third kappa shape index (κ3) is 2.67. The van der Waals surface area contributed by atoms with Crippen LogP contribution in [0.15, 0.2) is 28.7 Å². The van der Waals surface area contributed by atoms with Gasteiger partial charge < -0.3 is 5.32 Å². The van der Waals surface area contributed by atoms with Crippen LogP contribution in [0.1, 0.15) is 16.2 Å². The number of nitrogens with one attached hydrogen (secondary N) is 1. The van der Waals surface area contributed by atoms with Crippen molar-refractivity contribution in [1.29, 1.82) is 0 Å². The second kappa shape index (κ2) is 5.23. The lowest BCUT2D eigenvalue weighted by Crippen LogP contribution is -2.24. The first kappa shape index (κ1) is 14.5. The number of rotatable bonds is 2. The summed E-state index contributed by atoms with van der Waals surface area (Å²) in [5.74, 6) is -0.946. The molecule has 5 nitrogen and oxygen atoms in total. The number of hydrogen-bond donors (Lipinski definition) is 1. The van der Waals surface area contributed by atoms with Gasteiger partial charge in [-0.3, -0.25) is 4.79 Å². The van der Waals surface area contributed by atoms with Crippen LogP contribution in [0.2, 0.25) is 0 Å². The highest BCUT2D eigenvalue weighted by atomic mass is 79.9. The van der Waals surface area contributed by atoms with Crippen molar-refractivity contribution in [1.82, 2.24) is 20.3 Å². The van der Waals surface area contributed by atoms with Gasteiger partial charge in [0.1, 0.15) is 0 Å². The summed E-state index contributed by atoms with van der Waals surface area (Å²) in [6.07, 6.45) is -4.76. The lowest BCUT2D eigenvalue weighted by molar-refractivity contribution is -0.143. The highest BCUT2D eigenvalue weighted by Gasteiger charge is 2.41. The third-order valence-corrected chi connectivity index (χ3v) is 2.93. The van der Waals surface area contributed by atoms with Crippen molar-refractivity contribution in [2.24, 2.45) is 0 Å². The fourth-order valence-electron chi connectivity index (χ4n) is 1.60. The molecule has 2 rings (SSSR count). The summed E-state index contributed by atoms with van der Waals surface area (Å²) in [6, 6.07) is 6.09. The predicted molar refractivity (Wildman–Crippen MR) is 67.5 cm³/mol. The van der Waals surface area contributed by atoms with Gasteiger partial charge in [0.25, 0.3) is 5.91 Å². The maximum absolute atomic E-state index is 13.1. The number of alkyl halides is 3. The number of benzene rings is 1. The van der Waals surface area contributed by atoms with Crippen LogP contribution in [0.3, 0.4) is 0 Å². The molecule has 0 aliphatic carbocycles. The molecule has 9 heteroatoms. The second-order valence-corrected chi connectivity index (χ2v) is 4.67. The molecule has 1 heterocycles. The molecule has 0 aliphatic rings. The summed E-state index contributed by atoms with van der Waals surface area (Å²) < 4.78 is 40.6. The SMILES string of the molecule is CNC(=O)c1nnn(-c2cccc(Br)c2)c1C(F)(F)F. The van der Waals surface area contributed by atoms with Crippen LogP contribution in [0.25, 0.3) is 5.69 Å². The van der Waals surface area contributed by atoms with E-state index in [1.165, 1.54) is 19.2 Å². The molecule has 106 valence electrons. The molecule has 0 saturated heterocycles. The Morgan fingerprint density at radius 3 is 2.65 bits per heavy atom. The molecule has 1 N–H and O–H groups in total. The third-order valence-electron chi connectivity index (χ3n) is 2.43. The molecule has 0 bridgehead atoms. The molecule has 0 fully saturated rings. The van der Waals surface area contributed by atoms with Gasteiger partial charge in [-0.05, 0) is 18.2 Å². The molecule has 1 aromatic heterocycles. The van der Waals surface area contributed by atoms with E-state index in [1.807, 2.05) is 0 Å². The van der Waals surface area contributed by atoms with E-state index in [9.17, 15) is 18.0 Å². The molecule has 1 amide bonds. The topological polar surface area (TPSA) is 59.8 Å². The van der Waals surface area contributed by atoms with Gasteiger partial charge in [0.05, 0.1) is 5.69 Å². The average Bonchev–Trinajstić information content (AvgIpc) is 2.82. The van der Waals surface area contributed by atoms with Crippen molar-refractivity contribution in [3.8, 4) is 5.69 Å². The zero-order chi connectivity index (χ0) is 14.9. The number of carbonyl (C=O) groups is 1. The number of nitrogens with zero attached hydrogens (tertiary/aromatic N) is 3. The van der Waals surface area contributed by atoms with Crippen molar-refractivity contribution in [3.05, 3.63) is 40.1 Å². The normalized spacial score (nSPS) is 11.4. The van der Waals surface area contributed by atoms with Gasteiger partial charge in [-0.1, -0.05) is 27.2 Å². The molecule has 0 atom stereocenters. The Labute approximate surface area is 119 Å². The molecule has 2 aromatic rings. The van der Waals surface area contributed by atoms with Crippen molar-refractivity contribution in [2.75, 3.05) is 7.05 Å². The lowest BCUT2D eigenvalue weighted by Gasteiger charge is -2.10. The quantitative estimate of drug-likeness (QED) is 0.906. The van der Waals surface area contributed by atoms with Gasteiger partial charge >= 0.3 is 6.18 Å². The molecule has 0 spiro atoms. The van der Waals surface area contributed by atoms with E-state index < -0.39 is 23.5 Å². The fourth-order valence-corrected chi connectivity index (χ4v) is 1.98. The zero-order valence-corrected chi connectivity index (χ0v) is 11.7. The van der Waals surface area contributed by atoms with Gasteiger partial charge in [0, 0.05) is 11.5 Å². The van der Waals surface area contributed by atoms with Crippen LogP contribution >= 0.6 is 15.9 Å². The van der Waals surface area contributed by atoms with Crippen LogP contribution in [-0.2, 0) is 6.18 Å². The number of halogens is 4. The Bertz CT molecular complexity index is 653. The van der Waals surface area contributed by atoms with Gasteiger partial charge in [-0.2, -0.15) is 13.2 Å². The van der Waals surface area contributed by atoms with Crippen molar-refractivity contribution in [2.45, 2.75) is 6.18 Å². The van der Waals surface area contributed by atoms with E-state index >= 15 is 0 Å². The second-order valence-electron chi connectivity index (χ2n) is 3.76. The molecular formula is C11H8BrF3N4O. The summed E-state index contributed by atoms with van der Waals surface area (Å²) in [5, 5.41) is 8.86. The van der Waals surface area contributed by atoms with Crippen LogP contribution in [0, 0.1) is 0 Å². The van der Waals surface area contributed by atoms with Gasteiger partial charge in [-0.15, -0.1) is 5.10 Å². The Morgan fingerprint density at radius 1 is 1.40 bits per heavy atom. The first-order valence-corrected chi connectivity index (χ1v) is 6.15. The summed E-state index contributed by atoms with van der Waals surface area (Å²) in [6.45, 7) is 0. The maximum atomic E-state index is 13.1. The van der Waals surface area contributed by atoms with E-state index in [0.717, 1.165) is 0 Å². The molecule has 1 aromatic carbocycles. The summed E-state index contributed by atoms with van der Waals surface area (Å²) in [4.78, 5) is 11.5. The van der Waals surface area contributed by atoms with Crippen molar-refractivity contribution < 1.29 is 18.0 Å². The Balaban J connectivity index is 2.66. The minimum Gasteiger partial charge on any atom is -0.354 e. The van der Waals surface area contributed by atoms with Crippen LogP contribution in [0.4, 0.5) is 13.2 Å². The minimum atomic E-state index is -4.76. The van der Waals surface area contributed by atoms with E-state index in [-0.39, 0.29) is 5.69 Å². The Kier molecular flexibility index (Phi) is 3.80. The summed E-state index contributed by atoms with van der Waals surface area (Å²) >= 11 is 3.16. The van der Waals surface area contributed by atoms with Gasteiger partial charge in [0.2, 0.25) is 0 Å². The fraction of sp³-hybridized carbons (Fsp3) is 0.182. The van der Waals surface area contributed by atoms with Gasteiger partial charge in [0.15, 0.2) is 11.4 Å². The lowest BCUT2D eigenvalue weighted by atomic mass is 10.2. The molecule has 20 heavy (non-hydrogen) atoms. The standard InChI is InChI=1S/C11H8BrF3N4O/c1-16-10(20)8-9(11(13,14)15)19(18-17-8)7-4-2-3-6(12)5-7/h2-5H,1H3,(H,16,20). The molecule has 0 aliphatic heterocycles. The number of carbonyl (C=O) groups excluding carboxylic acids is 1. The van der Waals surface area contributed by atoms with Crippen LogP contribution in [0.5, 0.6) is 0 Å². The Morgan fingerprint density at radius 2 is 2.10 bits per heavy atom. The van der Waals surface area contributed by atoms with E-state index in [4.69, 9.17) is 0 Å². The van der Waals surface area contributed by atoms with Crippen LogP contribution in [-0.4, -0.2) is 27.9 Å². The molecular weight excluding hydrogens is 341 g/mol. The number of amides is 1. The number of hydrogen-bond acceptors (Lipinski definition) is 3. The Hall–Kier alpha value is -1.90. The van der Waals surface area contributed by atoms with Crippen molar-refractivity contribution >= 4 is 21.8 Å². The molecule has 0 saturated carbocycles. The molecule has 0 unspecified atom stereocenters. The first-order chi connectivity index (χ1) is 9.34. The zero-order valence-electron chi connectivity index (χ0n) is 10.1. The summed E-state index contributed by atoms with van der Waals surface area (Å²) in [7, 11) is 1.22. The van der Waals surface area contributed by atoms with E-state index in [0.29, 0.717) is 9.15 Å². The first-order valence-electron chi connectivity index (χ1n) is 5.35. The predicted octanol–water partition coefficient (Wildman–Crippen LogP) is 2.41. The smallest absolute Gasteiger partial charge is 0.354 e. The highest BCUT2D eigenvalue weighted by Crippen LogP contribution is 2.33. The largest absolute Gasteiger partial charge is 0.435 e. The van der Waals surface area contributed by atoms with E-state index in [1.54, 1.807) is 12.1 Å². The highest BCUT2D eigenvalue weighted by molar-refractivity contribution is 9.10. The average molecular weight is 349 g/mol. The van der Waals surface area contributed by atoms with E-state index in [2.05, 4.69) is 31.6 Å². The monoisotopic (exact) mass is 348 g/mol. The molecule has 0 radical (unpaired) electrons. The summed E-state index contributed by atoms with van der Waals surface area (Å²) in [5.41, 5.74) is -1.83. The maximum Gasteiger partial charge on any atom is 0.435 e. The van der Waals surface area contributed by atoms with Gasteiger partial charge in [-0.25, -0.2) is 4.68 Å². The van der Waals surface area contributed by atoms with Crippen LogP contribution < -0.4 is 5.32 Å². The van der Waals surface area contributed by atoms with Crippen molar-refractivity contribution in [3.63, 3.8) is 0 Å². The minimum absolute atomic E-state index is 0.148.